The number of hydrogen-bond donors (Lipinski definition) is 2. The number of ether oxygens (including phenoxy) is 1. The SMILES string of the molecule is CN1CCC[C@@]2(COc3nc(N4CCC[C@@](C)(O)C4)c4ccc(-c5cc(O)ccc5C5CCC5)c(F)c4n3)CCC[C@@H]12. The number of halogens is 1. The maximum Gasteiger partial charge on any atom is 0.319 e. The van der Waals surface area contributed by atoms with Gasteiger partial charge in [-0.3, -0.25) is 0 Å². The molecule has 2 saturated carbocycles. The van der Waals surface area contributed by atoms with E-state index in [1.54, 1.807) is 18.2 Å². The fourth-order valence-corrected chi connectivity index (χ4v) is 8.28. The monoisotopic (exact) mass is 574 g/mol. The molecule has 2 aliphatic heterocycles. The van der Waals surface area contributed by atoms with Crippen molar-refractivity contribution in [3.63, 3.8) is 0 Å². The summed E-state index contributed by atoms with van der Waals surface area (Å²) >= 11 is 0. The Morgan fingerprint density at radius 2 is 1.79 bits per heavy atom. The van der Waals surface area contributed by atoms with Crippen molar-refractivity contribution >= 4 is 16.7 Å². The fraction of sp³-hybridized carbons (Fsp3) is 0.588. The maximum atomic E-state index is 16.7. The van der Waals surface area contributed by atoms with E-state index in [0.29, 0.717) is 48.3 Å². The van der Waals surface area contributed by atoms with E-state index in [1.165, 1.54) is 19.3 Å². The lowest BCUT2D eigenvalue weighted by atomic mass is 9.76. The molecule has 3 heterocycles. The van der Waals surface area contributed by atoms with Crippen LogP contribution in [-0.2, 0) is 0 Å². The highest BCUT2D eigenvalue weighted by atomic mass is 19.1. The molecule has 0 bridgehead atoms. The third-order valence-corrected chi connectivity index (χ3v) is 10.7. The number of aromatic nitrogens is 2. The predicted molar refractivity (Wildman–Crippen MR) is 163 cm³/mol. The Bertz CT molecular complexity index is 1490. The molecular weight excluding hydrogens is 531 g/mol. The molecule has 0 unspecified atom stereocenters. The summed E-state index contributed by atoms with van der Waals surface area (Å²) in [6.07, 6.45) is 10.6. The van der Waals surface area contributed by atoms with Crippen LogP contribution < -0.4 is 9.64 Å². The van der Waals surface area contributed by atoms with Crippen molar-refractivity contribution in [2.45, 2.75) is 88.7 Å². The topological polar surface area (TPSA) is 82.0 Å². The molecule has 3 atom stereocenters. The number of benzene rings is 2. The zero-order chi connectivity index (χ0) is 29.1. The van der Waals surface area contributed by atoms with E-state index >= 15 is 4.39 Å². The lowest BCUT2D eigenvalue weighted by Gasteiger charge is -2.44. The van der Waals surface area contributed by atoms with E-state index in [2.05, 4.69) is 16.8 Å². The number of nitrogens with zero attached hydrogens (tertiary/aromatic N) is 4. The minimum atomic E-state index is -0.850. The summed E-state index contributed by atoms with van der Waals surface area (Å²) in [6, 6.07) is 9.69. The molecule has 4 aliphatic rings. The summed E-state index contributed by atoms with van der Waals surface area (Å²) in [6.45, 7) is 4.62. The number of phenolic OH excluding ortho intramolecular Hbond substituents is 1. The molecule has 8 heteroatoms. The summed E-state index contributed by atoms with van der Waals surface area (Å²) in [5.74, 6) is 0.679. The Hall–Kier alpha value is -2.97. The van der Waals surface area contributed by atoms with Crippen molar-refractivity contribution in [1.82, 2.24) is 14.9 Å². The number of phenols is 1. The Balaban J connectivity index is 1.32. The fourth-order valence-electron chi connectivity index (χ4n) is 8.28. The average Bonchev–Trinajstić information content (AvgIpc) is 3.37. The van der Waals surface area contributed by atoms with Crippen LogP contribution in [0.4, 0.5) is 10.2 Å². The first-order chi connectivity index (χ1) is 20.2. The van der Waals surface area contributed by atoms with Gasteiger partial charge < -0.3 is 24.7 Å². The largest absolute Gasteiger partial charge is 0.508 e. The number of piperidine rings is 2. The average molecular weight is 575 g/mol. The van der Waals surface area contributed by atoms with E-state index < -0.39 is 11.4 Å². The normalized spacial score (nSPS) is 28.6. The van der Waals surface area contributed by atoms with Crippen LogP contribution in [0.2, 0.25) is 0 Å². The first-order valence-electron chi connectivity index (χ1n) is 15.9. The van der Waals surface area contributed by atoms with Crippen LogP contribution in [0.1, 0.15) is 82.6 Å². The standard InChI is InChI=1S/C34H43FN4O3/c1-33(41)14-5-18-39(20-33)31-26-13-12-25(27-19-23(40)10-11-24(27)22-7-3-8-22)29(35)30(26)36-32(37-31)42-21-34-15-4-9-28(34)38(2)17-6-16-34/h10-13,19,22,28,40-41H,3-9,14-18,20-21H2,1-2H3/t28-,33-,34-/m1/s1. The molecule has 0 spiro atoms. The first kappa shape index (κ1) is 27.8. The van der Waals surface area contributed by atoms with Gasteiger partial charge in [-0.15, -0.1) is 0 Å². The second-order valence-electron chi connectivity index (χ2n) is 13.7. The maximum absolute atomic E-state index is 16.7. The molecule has 1 aromatic heterocycles. The van der Waals surface area contributed by atoms with Gasteiger partial charge in [-0.25, -0.2) is 4.39 Å². The number of hydrogen-bond acceptors (Lipinski definition) is 7. The van der Waals surface area contributed by atoms with E-state index in [4.69, 9.17) is 14.7 Å². The molecule has 42 heavy (non-hydrogen) atoms. The highest BCUT2D eigenvalue weighted by Crippen LogP contribution is 2.48. The summed E-state index contributed by atoms with van der Waals surface area (Å²) in [4.78, 5) is 14.1. The van der Waals surface area contributed by atoms with Gasteiger partial charge >= 0.3 is 6.01 Å². The molecule has 7 nitrogen and oxygen atoms in total. The molecule has 3 aromatic rings. The van der Waals surface area contributed by atoms with Gasteiger partial charge in [0.2, 0.25) is 0 Å². The van der Waals surface area contributed by atoms with Crippen molar-refractivity contribution in [3.8, 4) is 22.9 Å². The summed E-state index contributed by atoms with van der Waals surface area (Å²) in [5.41, 5.74) is 1.67. The van der Waals surface area contributed by atoms with Crippen LogP contribution in [0, 0.1) is 11.2 Å². The molecule has 224 valence electrons. The molecule has 2 N–H and O–H groups in total. The third kappa shape index (κ3) is 4.90. The molecule has 0 amide bonds. The molecule has 2 saturated heterocycles. The highest BCUT2D eigenvalue weighted by Gasteiger charge is 2.47. The zero-order valence-corrected chi connectivity index (χ0v) is 24.9. The van der Waals surface area contributed by atoms with Gasteiger partial charge in [0, 0.05) is 35.5 Å². The molecule has 2 aromatic carbocycles. The first-order valence-corrected chi connectivity index (χ1v) is 15.9. The van der Waals surface area contributed by atoms with Gasteiger partial charge in [0.25, 0.3) is 0 Å². The van der Waals surface area contributed by atoms with E-state index in [-0.39, 0.29) is 22.7 Å². The highest BCUT2D eigenvalue weighted by molar-refractivity contribution is 5.94. The van der Waals surface area contributed by atoms with Crippen LogP contribution in [0.3, 0.4) is 0 Å². The van der Waals surface area contributed by atoms with Gasteiger partial charge in [0.1, 0.15) is 17.1 Å². The minimum Gasteiger partial charge on any atom is -0.508 e. The Morgan fingerprint density at radius 3 is 2.57 bits per heavy atom. The number of anilines is 1. The summed E-state index contributed by atoms with van der Waals surface area (Å²) in [5, 5.41) is 21.9. The van der Waals surface area contributed by atoms with Crippen molar-refractivity contribution < 1.29 is 19.3 Å². The number of β-amino-alcohol motifs (C(OH)–C–C–N with tert-alkyl or cyclic N) is 1. The number of aromatic hydroxyl groups is 1. The number of rotatable bonds is 6. The molecule has 7 rings (SSSR count). The number of fused-ring (bicyclic) bond motifs is 2. The van der Waals surface area contributed by atoms with Crippen LogP contribution in [0.5, 0.6) is 11.8 Å². The van der Waals surface area contributed by atoms with Crippen LogP contribution in [-0.4, -0.2) is 70.0 Å². The zero-order valence-electron chi connectivity index (χ0n) is 24.9. The van der Waals surface area contributed by atoms with Gasteiger partial charge in [-0.05, 0) is 107 Å². The Labute approximate surface area is 247 Å². The van der Waals surface area contributed by atoms with Gasteiger partial charge in [-0.1, -0.05) is 25.0 Å². The molecule has 4 fully saturated rings. The number of aliphatic hydroxyl groups is 1. The van der Waals surface area contributed by atoms with Crippen molar-refractivity contribution in [2.75, 3.05) is 38.2 Å². The second-order valence-corrected chi connectivity index (χ2v) is 13.7. The lowest BCUT2D eigenvalue weighted by molar-refractivity contribution is 0.0132. The summed E-state index contributed by atoms with van der Waals surface area (Å²) < 4.78 is 23.1. The van der Waals surface area contributed by atoms with E-state index in [1.807, 2.05) is 19.1 Å². The second kappa shape index (κ2) is 10.6. The van der Waals surface area contributed by atoms with E-state index in [0.717, 1.165) is 62.7 Å². The summed E-state index contributed by atoms with van der Waals surface area (Å²) in [7, 11) is 2.22. The third-order valence-electron chi connectivity index (χ3n) is 10.7. The smallest absolute Gasteiger partial charge is 0.319 e. The predicted octanol–water partition coefficient (Wildman–Crippen LogP) is 6.40. The van der Waals surface area contributed by atoms with Gasteiger partial charge in [0.05, 0.1) is 12.2 Å². The quantitative estimate of drug-likeness (QED) is 0.352. The van der Waals surface area contributed by atoms with Crippen LogP contribution in [0.25, 0.3) is 22.0 Å². The molecule has 2 aliphatic carbocycles. The van der Waals surface area contributed by atoms with Crippen LogP contribution in [0.15, 0.2) is 30.3 Å². The molecule has 0 radical (unpaired) electrons. The van der Waals surface area contributed by atoms with Crippen molar-refractivity contribution in [3.05, 3.63) is 41.7 Å². The molecular formula is C34H43FN4O3. The van der Waals surface area contributed by atoms with Crippen molar-refractivity contribution in [2.24, 2.45) is 5.41 Å². The van der Waals surface area contributed by atoms with Crippen LogP contribution >= 0.6 is 0 Å². The lowest BCUT2D eigenvalue weighted by Crippen LogP contribution is -2.50. The van der Waals surface area contributed by atoms with Gasteiger partial charge in [-0.2, -0.15) is 9.97 Å². The number of likely N-dealkylation sites (tertiary alicyclic amines) is 1. The Morgan fingerprint density at radius 1 is 0.976 bits per heavy atom. The van der Waals surface area contributed by atoms with Gasteiger partial charge in [0.15, 0.2) is 5.82 Å². The Kier molecular flexibility index (Phi) is 7.05. The van der Waals surface area contributed by atoms with E-state index in [9.17, 15) is 10.2 Å². The minimum absolute atomic E-state index is 0.0694. The van der Waals surface area contributed by atoms with Crippen molar-refractivity contribution in [1.29, 1.82) is 0 Å².